The number of aromatic nitrogens is 1. The lowest BCUT2D eigenvalue weighted by Crippen LogP contribution is -2.50. The van der Waals surface area contributed by atoms with E-state index < -0.39 is 0 Å². The van der Waals surface area contributed by atoms with Gasteiger partial charge in [0.2, 0.25) is 0 Å². The maximum Gasteiger partial charge on any atom is 0.274 e. The summed E-state index contributed by atoms with van der Waals surface area (Å²) < 4.78 is 16.0. The molecule has 0 aliphatic carbocycles. The van der Waals surface area contributed by atoms with Gasteiger partial charge in [0, 0.05) is 18.2 Å². The molecule has 1 aliphatic heterocycles. The third kappa shape index (κ3) is 3.51. The molecule has 0 spiro atoms. The van der Waals surface area contributed by atoms with Crippen LogP contribution in [0.3, 0.4) is 0 Å². The van der Waals surface area contributed by atoms with Gasteiger partial charge in [-0.1, -0.05) is 6.07 Å². The number of piperazine rings is 1. The van der Waals surface area contributed by atoms with Crippen molar-refractivity contribution in [2.75, 3.05) is 52.4 Å². The van der Waals surface area contributed by atoms with E-state index in [1.807, 2.05) is 29.3 Å². The Morgan fingerprint density at radius 2 is 1.58 bits per heavy atom. The van der Waals surface area contributed by atoms with Crippen LogP contribution in [0.15, 0.2) is 36.5 Å². The zero-order valence-corrected chi connectivity index (χ0v) is 15.3. The molecule has 138 valence electrons. The number of benzene rings is 1. The molecule has 0 radical (unpaired) electrons. The summed E-state index contributed by atoms with van der Waals surface area (Å²) in [5.74, 6) is 2.51. The molecule has 0 atom stereocenters. The molecule has 1 aromatic carbocycles. The van der Waals surface area contributed by atoms with E-state index in [0.29, 0.717) is 35.9 Å². The van der Waals surface area contributed by atoms with Gasteiger partial charge in [0.1, 0.15) is 18.8 Å². The maximum atomic E-state index is 13.0. The van der Waals surface area contributed by atoms with Crippen LogP contribution in [0.25, 0.3) is 0 Å². The van der Waals surface area contributed by atoms with Crippen molar-refractivity contribution in [3.05, 3.63) is 42.1 Å². The van der Waals surface area contributed by atoms with Crippen LogP contribution in [0, 0.1) is 0 Å². The second kappa shape index (κ2) is 7.95. The highest BCUT2D eigenvalue weighted by atomic mass is 16.5. The summed E-state index contributed by atoms with van der Waals surface area (Å²) in [6, 6.07) is 9.35. The molecule has 2 aromatic rings. The molecule has 26 heavy (non-hydrogen) atoms. The third-order valence-electron chi connectivity index (χ3n) is 4.54. The minimum atomic E-state index is -0.0699. The molecule has 1 N–H and O–H groups in total. The number of hydrogen-bond donors (Lipinski definition) is 0. The SMILES string of the molecule is COc1cc(OC)c(C(=O)N2CCN(c3cccc[nH+]3)CC2)cc1OC. The van der Waals surface area contributed by atoms with E-state index in [-0.39, 0.29) is 5.91 Å². The first-order chi connectivity index (χ1) is 12.7. The monoisotopic (exact) mass is 358 g/mol. The molecule has 1 amide bonds. The lowest BCUT2D eigenvalue weighted by Gasteiger charge is -2.31. The van der Waals surface area contributed by atoms with Crippen molar-refractivity contribution in [1.29, 1.82) is 0 Å². The van der Waals surface area contributed by atoms with Crippen LogP contribution in [0.5, 0.6) is 17.2 Å². The Morgan fingerprint density at radius 3 is 2.15 bits per heavy atom. The quantitative estimate of drug-likeness (QED) is 0.810. The average molecular weight is 358 g/mol. The number of carbonyl (C=O) groups excluding carboxylic acids is 1. The third-order valence-corrected chi connectivity index (χ3v) is 4.54. The fourth-order valence-corrected chi connectivity index (χ4v) is 3.10. The molecular formula is C19H24N3O4+. The summed E-state index contributed by atoms with van der Waals surface area (Å²) in [5.41, 5.74) is 0.477. The zero-order valence-electron chi connectivity index (χ0n) is 15.3. The van der Waals surface area contributed by atoms with E-state index in [2.05, 4.69) is 9.88 Å². The lowest BCUT2D eigenvalue weighted by atomic mass is 10.1. The van der Waals surface area contributed by atoms with Crippen molar-refractivity contribution >= 4 is 11.7 Å². The Kier molecular flexibility index (Phi) is 5.46. The van der Waals surface area contributed by atoms with Crippen molar-refractivity contribution in [3.63, 3.8) is 0 Å². The number of nitrogens with zero attached hydrogens (tertiary/aromatic N) is 2. The normalized spacial score (nSPS) is 14.1. The van der Waals surface area contributed by atoms with Gasteiger partial charge >= 0.3 is 0 Å². The standard InChI is InChI=1S/C19H23N3O4/c1-24-15-13-17(26-3)16(25-2)12-14(15)19(23)22-10-8-21(9-11-22)18-6-4-5-7-20-18/h4-7,12-13H,8-11H2,1-3H3/p+1. The minimum Gasteiger partial charge on any atom is -0.496 e. The van der Waals surface area contributed by atoms with Crippen molar-refractivity contribution in [2.45, 2.75) is 0 Å². The molecule has 3 rings (SSSR count). The van der Waals surface area contributed by atoms with Gasteiger partial charge in [-0.25, -0.2) is 4.98 Å². The number of ether oxygens (including phenoxy) is 3. The predicted molar refractivity (Wildman–Crippen MR) is 97.2 cm³/mol. The Balaban J connectivity index is 1.76. The lowest BCUT2D eigenvalue weighted by molar-refractivity contribution is -0.364. The molecule has 7 heteroatoms. The number of aromatic amines is 1. The number of hydrogen-bond acceptors (Lipinski definition) is 5. The summed E-state index contributed by atoms with van der Waals surface area (Å²) in [6.07, 6.45) is 1.90. The minimum absolute atomic E-state index is 0.0699. The maximum absolute atomic E-state index is 13.0. The summed E-state index contributed by atoms with van der Waals surface area (Å²) >= 11 is 0. The molecule has 0 unspecified atom stereocenters. The smallest absolute Gasteiger partial charge is 0.274 e. The topological polar surface area (TPSA) is 65.4 Å². The van der Waals surface area contributed by atoms with Crippen LogP contribution in [-0.2, 0) is 0 Å². The number of methoxy groups -OCH3 is 3. The fourth-order valence-electron chi connectivity index (χ4n) is 3.10. The van der Waals surface area contributed by atoms with Gasteiger partial charge in [0.05, 0.1) is 46.2 Å². The Morgan fingerprint density at radius 1 is 0.923 bits per heavy atom. The molecule has 1 saturated heterocycles. The number of amides is 1. The highest BCUT2D eigenvalue weighted by molar-refractivity contribution is 5.98. The Labute approximate surface area is 153 Å². The van der Waals surface area contributed by atoms with Crippen molar-refractivity contribution in [3.8, 4) is 17.2 Å². The first-order valence-corrected chi connectivity index (χ1v) is 8.49. The summed E-state index contributed by atoms with van der Waals surface area (Å²) in [7, 11) is 4.65. The zero-order chi connectivity index (χ0) is 18.5. The van der Waals surface area contributed by atoms with E-state index in [1.165, 1.54) is 0 Å². The van der Waals surface area contributed by atoms with Crippen LogP contribution in [0.2, 0.25) is 0 Å². The second-order valence-corrected chi connectivity index (χ2v) is 5.93. The van der Waals surface area contributed by atoms with Gasteiger partial charge in [-0.15, -0.1) is 0 Å². The molecule has 7 nitrogen and oxygen atoms in total. The van der Waals surface area contributed by atoms with E-state index in [0.717, 1.165) is 18.9 Å². The van der Waals surface area contributed by atoms with Crippen molar-refractivity contribution in [1.82, 2.24) is 4.90 Å². The average Bonchev–Trinajstić information content (AvgIpc) is 2.72. The molecule has 1 fully saturated rings. The van der Waals surface area contributed by atoms with Crippen molar-refractivity contribution < 1.29 is 24.0 Å². The van der Waals surface area contributed by atoms with Crippen molar-refractivity contribution in [2.24, 2.45) is 0 Å². The van der Waals surface area contributed by atoms with Gasteiger partial charge in [-0.05, 0) is 6.07 Å². The van der Waals surface area contributed by atoms with Gasteiger partial charge in [0.15, 0.2) is 11.5 Å². The van der Waals surface area contributed by atoms with Crippen LogP contribution < -0.4 is 24.1 Å². The van der Waals surface area contributed by atoms with Gasteiger partial charge in [0.25, 0.3) is 11.7 Å². The largest absolute Gasteiger partial charge is 0.496 e. The van der Waals surface area contributed by atoms with Gasteiger partial charge in [-0.3, -0.25) is 9.69 Å². The number of rotatable bonds is 5. The summed E-state index contributed by atoms with van der Waals surface area (Å²) in [6.45, 7) is 2.81. The highest BCUT2D eigenvalue weighted by Crippen LogP contribution is 2.35. The Hall–Kier alpha value is -2.96. The van der Waals surface area contributed by atoms with Crippen LogP contribution in [0.1, 0.15) is 10.4 Å². The van der Waals surface area contributed by atoms with Crippen LogP contribution in [0.4, 0.5) is 5.82 Å². The number of H-pyrrole nitrogens is 1. The molecule has 1 aliphatic rings. The first-order valence-electron chi connectivity index (χ1n) is 8.49. The van der Waals surface area contributed by atoms with E-state index in [1.54, 1.807) is 33.5 Å². The molecular weight excluding hydrogens is 334 g/mol. The van der Waals surface area contributed by atoms with Crippen LogP contribution in [-0.4, -0.2) is 58.3 Å². The summed E-state index contributed by atoms with van der Waals surface area (Å²) in [5, 5.41) is 0. The van der Waals surface area contributed by atoms with E-state index in [4.69, 9.17) is 14.2 Å². The van der Waals surface area contributed by atoms with Gasteiger partial charge in [-0.2, -0.15) is 0 Å². The summed E-state index contributed by atoms with van der Waals surface area (Å²) in [4.78, 5) is 20.3. The van der Waals surface area contributed by atoms with E-state index in [9.17, 15) is 4.79 Å². The second-order valence-electron chi connectivity index (χ2n) is 5.93. The molecule has 0 saturated carbocycles. The predicted octanol–water partition coefficient (Wildman–Crippen LogP) is 1.49. The first kappa shape index (κ1) is 17.8. The number of pyridine rings is 1. The fraction of sp³-hybridized carbons (Fsp3) is 0.368. The number of carbonyl (C=O) groups is 1. The van der Waals surface area contributed by atoms with Crippen LogP contribution >= 0.6 is 0 Å². The van der Waals surface area contributed by atoms with E-state index >= 15 is 0 Å². The molecule has 2 heterocycles. The van der Waals surface area contributed by atoms with Gasteiger partial charge < -0.3 is 19.1 Å². The highest BCUT2D eigenvalue weighted by Gasteiger charge is 2.29. The number of anilines is 1. The molecule has 1 aromatic heterocycles. The Bertz CT molecular complexity index is 759. The molecule has 0 bridgehead atoms. The number of nitrogens with one attached hydrogen (secondary N) is 1.